The van der Waals surface area contributed by atoms with Crippen LogP contribution in [0.25, 0.3) is 10.9 Å². The van der Waals surface area contributed by atoms with Gasteiger partial charge in [0.25, 0.3) is 5.56 Å². The third kappa shape index (κ3) is 4.22. The highest BCUT2D eigenvalue weighted by Crippen LogP contribution is 2.21. The Labute approximate surface area is 170 Å². The molecule has 0 bridgehead atoms. The Hall–Kier alpha value is -2.61. The zero-order valence-electron chi connectivity index (χ0n) is 17.1. The Morgan fingerprint density at radius 3 is 2.59 bits per heavy atom. The van der Waals surface area contributed by atoms with Crippen molar-refractivity contribution in [2.75, 3.05) is 44.3 Å². The number of aromatic nitrogens is 2. The van der Waals surface area contributed by atoms with Gasteiger partial charge in [-0.25, -0.2) is 9.78 Å². The molecule has 2 amide bonds. The molecule has 1 aromatic heterocycles. The van der Waals surface area contributed by atoms with Gasteiger partial charge in [0, 0.05) is 57.2 Å². The van der Waals surface area contributed by atoms with Crippen molar-refractivity contribution in [3.8, 4) is 0 Å². The van der Waals surface area contributed by atoms with Gasteiger partial charge >= 0.3 is 6.03 Å². The quantitative estimate of drug-likeness (QED) is 0.854. The number of nitrogens with one attached hydrogen (secondary N) is 1. The van der Waals surface area contributed by atoms with E-state index in [-0.39, 0.29) is 23.7 Å². The Balaban J connectivity index is 1.40. The molecule has 0 spiro atoms. The Morgan fingerprint density at radius 2 is 1.90 bits per heavy atom. The minimum absolute atomic E-state index is 0.00819. The molecule has 156 valence electrons. The summed E-state index contributed by atoms with van der Waals surface area (Å²) >= 11 is 0. The van der Waals surface area contributed by atoms with Crippen molar-refractivity contribution in [2.24, 2.45) is 0 Å². The van der Waals surface area contributed by atoms with Crippen molar-refractivity contribution in [3.63, 3.8) is 0 Å². The van der Waals surface area contributed by atoms with Gasteiger partial charge in [-0.1, -0.05) is 0 Å². The summed E-state index contributed by atoms with van der Waals surface area (Å²) < 4.78 is 7.00. The first-order valence-corrected chi connectivity index (χ1v) is 10.4. The summed E-state index contributed by atoms with van der Waals surface area (Å²) in [6.45, 7) is 8.26. The number of carbonyl (C=O) groups is 1. The molecule has 4 rings (SSSR count). The molecule has 2 saturated heterocycles. The van der Waals surface area contributed by atoms with Crippen LogP contribution in [-0.2, 0) is 4.74 Å². The van der Waals surface area contributed by atoms with Crippen LogP contribution in [0, 0.1) is 0 Å². The van der Waals surface area contributed by atoms with Crippen molar-refractivity contribution >= 4 is 22.6 Å². The van der Waals surface area contributed by atoms with Crippen LogP contribution in [0.4, 0.5) is 10.5 Å². The topological polar surface area (TPSA) is 79.7 Å². The second kappa shape index (κ2) is 8.41. The van der Waals surface area contributed by atoms with Crippen LogP contribution in [0.1, 0.15) is 32.7 Å². The molecule has 29 heavy (non-hydrogen) atoms. The van der Waals surface area contributed by atoms with Crippen LogP contribution in [0.3, 0.4) is 0 Å². The van der Waals surface area contributed by atoms with E-state index in [4.69, 9.17) is 4.74 Å². The van der Waals surface area contributed by atoms with E-state index in [0.717, 1.165) is 44.8 Å². The molecule has 2 aliphatic rings. The first-order chi connectivity index (χ1) is 14.0. The van der Waals surface area contributed by atoms with Gasteiger partial charge < -0.3 is 19.9 Å². The Morgan fingerprint density at radius 1 is 1.17 bits per heavy atom. The molecule has 0 atom stereocenters. The number of hydrogen-bond donors (Lipinski definition) is 1. The lowest BCUT2D eigenvalue weighted by Crippen LogP contribution is -2.54. The maximum absolute atomic E-state index is 12.6. The lowest BCUT2D eigenvalue weighted by molar-refractivity contribution is 0.0779. The molecule has 2 aliphatic heterocycles. The first-order valence-electron chi connectivity index (χ1n) is 10.4. The van der Waals surface area contributed by atoms with Gasteiger partial charge in [-0.3, -0.25) is 9.36 Å². The number of amides is 2. The number of benzene rings is 1. The molecule has 2 fully saturated rings. The van der Waals surface area contributed by atoms with Gasteiger partial charge in [-0.05, 0) is 44.9 Å². The molecule has 8 nitrogen and oxygen atoms in total. The van der Waals surface area contributed by atoms with Crippen LogP contribution >= 0.6 is 0 Å². The van der Waals surface area contributed by atoms with E-state index in [1.165, 1.54) is 0 Å². The van der Waals surface area contributed by atoms with Crippen LogP contribution in [0.15, 0.2) is 29.3 Å². The Kier molecular flexibility index (Phi) is 5.71. The maximum Gasteiger partial charge on any atom is 0.317 e. The number of urea groups is 1. The van der Waals surface area contributed by atoms with E-state index in [0.29, 0.717) is 24.0 Å². The van der Waals surface area contributed by atoms with Gasteiger partial charge in [-0.15, -0.1) is 0 Å². The van der Waals surface area contributed by atoms with Crippen molar-refractivity contribution in [1.29, 1.82) is 0 Å². The number of ether oxygens (including phenoxy) is 1. The average molecular weight is 399 g/mol. The summed E-state index contributed by atoms with van der Waals surface area (Å²) in [4.78, 5) is 33.7. The number of carbonyl (C=O) groups excluding carboxylic acids is 1. The van der Waals surface area contributed by atoms with E-state index in [9.17, 15) is 9.59 Å². The molecule has 0 unspecified atom stereocenters. The largest absolute Gasteiger partial charge is 0.381 e. The fourth-order valence-electron chi connectivity index (χ4n) is 3.96. The third-order valence-corrected chi connectivity index (χ3v) is 5.80. The summed E-state index contributed by atoms with van der Waals surface area (Å²) in [7, 11) is 0. The number of anilines is 1. The normalized spacial score (nSPS) is 18.4. The molecule has 0 aliphatic carbocycles. The van der Waals surface area contributed by atoms with E-state index in [2.05, 4.69) is 15.2 Å². The standard InChI is InChI=1S/C21H29N5O3/c1-15(2)26-14-22-19-13-17(3-4-18(19)20(26)27)24-7-9-25(10-8-24)21(28)23-16-5-11-29-12-6-16/h3-4,13-16H,5-12H2,1-2H3,(H,23,28). The summed E-state index contributed by atoms with van der Waals surface area (Å²) in [5.41, 5.74) is 1.74. The number of fused-ring (bicyclic) bond motifs is 1. The van der Waals surface area contributed by atoms with E-state index >= 15 is 0 Å². The fourth-order valence-corrected chi connectivity index (χ4v) is 3.96. The summed E-state index contributed by atoms with van der Waals surface area (Å²) in [6, 6.07) is 6.14. The lowest BCUT2D eigenvalue weighted by atomic mass is 10.1. The molecule has 0 saturated carbocycles. The number of hydrogen-bond acceptors (Lipinski definition) is 5. The minimum atomic E-state index is -0.00819. The molecule has 2 aromatic rings. The highest BCUT2D eigenvalue weighted by molar-refractivity contribution is 5.81. The fraction of sp³-hybridized carbons (Fsp3) is 0.571. The van der Waals surface area contributed by atoms with Crippen molar-refractivity contribution in [1.82, 2.24) is 19.8 Å². The second-order valence-electron chi connectivity index (χ2n) is 8.06. The van der Waals surface area contributed by atoms with E-state index < -0.39 is 0 Å². The maximum atomic E-state index is 12.6. The highest BCUT2D eigenvalue weighted by Gasteiger charge is 2.24. The zero-order chi connectivity index (χ0) is 20.4. The van der Waals surface area contributed by atoms with E-state index in [1.807, 2.05) is 36.9 Å². The van der Waals surface area contributed by atoms with Crippen LogP contribution in [0.5, 0.6) is 0 Å². The molecular weight excluding hydrogens is 370 g/mol. The molecular formula is C21H29N5O3. The zero-order valence-corrected chi connectivity index (χ0v) is 17.1. The minimum Gasteiger partial charge on any atom is -0.381 e. The van der Waals surface area contributed by atoms with Crippen LogP contribution in [-0.4, -0.2) is 65.9 Å². The van der Waals surface area contributed by atoms with Gasteiger partial charge in [0.1, 0.15) is 0 Å². The smallest absolute Gasteiger partial charge is 0.317 e. The molecule has 3 heterocycles. The van der Waals surface area contributed by atoms with Gasteiger partial charge in [0.05, 0.1) is 17.2 Å². The predicted octanol–water partition coefficient (Wildman–Crippen LogP) is 1.99. The van der Waals surface area contributed by atoms with Crippen molar-refractivity contribution in [2.45, 2.75) is 38.8 Å². The van der Waals surface area contributed by atoms with Gasteiger partial charge in [0.2, 0.25) is 0 Å². The van der Waals surface area contributed by atoms with E-state index in [1.54, 1.807) is 10.9 Å². The third-order valence-electron chi connectivity index (χ3n) is 5.80. The average Bonchev–Trinajstić information content (AvgIpc) is 2.74. The number of rotatable bonds is 3. The first kappa shape index (κ1) is 19.7. The van der Waals surface area contributed by atoms with Crippen molar-refractivity contribution in [3.05, 3.63) is 34.9 Å². The summed E-state index contributed by atoms with van der Waals surface area (Å²) in [6.07, 6.45) is 3.39. The molecule has 1 N–H and O–H groups in total. The SMILES string of the molecule is CC(C)n1cnc2cc(N3CCN(C(=O)NC4CCOCC4)CC3)ccc2c1=O. The van der Waals surface area contributed by atoms with Gasteiger partial charge in [0.15, 0.2) is 0 Å². The molecule has 1 aromatic carbocycles. The summed E-state index contributed by atoms with van der Waals surface area (Å²) in [5, 5.41) is 3.77. The monoisotopic (exact) mass is 399 g/mol. The molecule has 0 radical (unpaired) electrons. The predicted molar refractivity (Wildman–Crippen MR) is 113 cm³/mol. The second-order valence-corrected chi connectivity index (χ2v) is 8.06. The summed E-state index contributed by atoms with van der Waals surface area (Å²) in [5.74, 6) is 0. The lowest BCUT2D eigenvalue weighted by Gasteiger charge is -2.37. The number of nitrogens with zero attached hydrogens (tertiary/aromatic N) is 4. The number of piperazine rings is 1. The van der Waals surface area contributed by atoms with Crippen LogP contribution < -0.4 is 15.8 Å². The molecule has 8 heteroatoms. The van der Waals surface area contributed by atoms with Gasteiger partial charge in [-0.2, -0.15) is 0 Å². The highest BCUT2D eigenvalue weighted by atomic mass is 16.5. The van der Waals surface area contributed by atoms with Crippen LogP contribution in [0.2, 0.25) is 0 Å². The Bertz CT molecular complexity index is 928. The van der Waals surface area contributed by atoms with Crippen molar-refractivity contribution < 1.29 is 9.53 Å².